The number of carbonyl (C=O) groups excluding carboxylic acids is 2. The molecule has 3 fully saturated rings. The number of carbonyl (C=O) groups is 3. The number of hydrogen-bond acceptors (Lipinski definition) is 5. The molecule has 0 amide bonds. The summed E-state index contributed by atoms with van der Waals surface area (Å²) in [5, 5.41) is 20.7. The van der Waals surface area contributed by atoms with Gasteiger partial charge in [-0.2, -0.15) is 0 Å². The van der Waals surface area contributed by atoms with Crippen molar-refractivity contribution in [3.63, 3.8) is 0 Å². The Hall–Kier alpha value is -1.14. The molecular weight excluding hydrogens is 400 g/mol. The van der Waals surface area contributed by atoms with Crippen molar-refractivity contribution in [3.05, 3.63) is 11.6 Å². The zero-order valence-corrected chi connectivity index (χ0v) is 19.1. The molecule has 0 radical (unpaired) electrons. The van der Waals surface area contributed by atoms with Crippen LogP contribution < -0.4 is 0 Å². The third kappa shape index (κ3) is 3.21. The number of allylic oxidation sites excluding steroid dienone is 1. The molecule has 7 atom stereocenters. The van der Waals surface area contributed by atoms with Crippen molar-refractivity contribution >= 4 is 28.6 Å². The largest absolute Gasteiger partial charge is 0.481 e. The van der Waals surface area contributed by atoms with Gasteiger partial charge in [0.05, 0.1) is 5.60 Å². The minimum Gasteiger partial charge on any atom is -0.481 e. The summed E-state index contributed by atoms with van der Waals surface area (Å²) in [5.41, 5.74) is -0.0966. The van der Waals surface area contributed by atoms with E-state index in [1.54, 1.807) is 6.92 Å². The summed E-state index contributed by atoms with van der Waals surface area (Å²) in [5.74, 6) is 0.522. The molecule has 4 rings (SSSR count). The van der Waals surface area contributed by atoms with Crippen LogP contribution in [0.3, 0.4) is 0 Å². The van der Waals surface area contributed by atoms with E-state index in [2.05, 4.69) is 13.8 Å². The lowest BCUT2D eigenvalue weighted by atomic mass is 9.46. The van der Waals surface area contributed by atoms with E-state index in [1.165, 1.54) is 17.3 Å². The predicted molar refractivity (Wildman–Crippen MR) is 116 cm³/mol. The maximum Gasteiger partial charge on any atom is 0.303 e. The standard InChI is InChI=1S/C24H34O5S/c1-14(25)30-20-13-16(26)12-15-4-5-17-18-7-10-24(29,11-8-21(27)28)22(18,2)9-6-19(17)23(15,20)3/h12,17-20,29H,4-11,13H2,1-3H3,(H,27,28)/t17-,18-,19-,20?,22-,23-,24+/m0/s1. The average Bonchev–Trinajstić information content (AvgIpc) is 2.92. The second-order valence-corrected chi connectivity index (χ2v) is 11.9. The van der Waals surface area contributed by atoms with Crippen LogP contribution in [0.25, 0.3) is 0 Å². The molecule has 0 spiro atoms. The topological polar surface area (TPSA) is 91.7 Å². The highest BCUT2D eigenvalue weighted by atomic mass is 32.2. The Morgan fingerprint density at radius 1 is 1.17 bits per heavy atom. The molecule has 0 saturated heterocycles. The van der Waals surface area contributed by atoms with E-state index in [-0.39, 0.29) is 33.4 Å². The van der Waals surface area contributed by atoms with Gasteiger partial charge in [0.2, 0.25) is 0 Å². The molecule has 5 nitrogen and oxygen atoms in total. The van der Waals surface area contributed by atoms with Crippen molar-refractivity contribution in [1.29, 1.82) is 0 Å². The van der Waals surface area contributed by atoms with E-state index in [0.717, 1.165) is 32.1 Å². The summed E-state index contributed by atoms with van der Waals surface area (Å²) in [6.45, 7) is 6.05. The van der Waals surface area contributed by atoms with E-state index in [9.17, 15) is 19.5 Å². The first kappa shape index (κ1) is 22.1. The smallest absolute Gasteiger partial charge is 0.303 e. The number of ketones is 1. The maximum absolute atomic E-state index is 12.4. The van der Waals surface area contributed by atoms with Crippen molar-refractivity contribution in [2.75, 3.05) is 0 Å². The molecule has 0 bridgehead atoms. The molecule has 0 aromatic carbocycles. The van der Waals surface area contributed by atoms with Gasteiger partial charge in [-0.15, -0.1) is 0 Å². The normalized spacial score (nSPS) is 45.2. The first-order valence-corrected chi connectivity index (χ1v) is 12.2. The molecule has 2 N–H and O–H groups in total. The summed E-state index contributed by atoms with van der Waals surface area (Å²) >= 11 is 1.34. The monoisotopic (exact) mass is 434 g/mol. The Morgan fingerprint density at radius 3 is 2.53 bits per heavy atom. The SMILES string of the molecule is CC(=O)SC1CC(=O)C=C2CC[C@H]3[C@@H]4CC[C@@](O)(CCC(=O)O)[C@@]4(C)CC[C@@H]3[C@]21C. The average molecular weight is 435 g/mol. The molecule has 4 aliphatic rings. The van der Waals surface area contributed by atoms with Crippen molar-refractivity contribution in [3.8, 4) is 0 Å². The third-order valence-electron chi connectivity index (χ3n) is 9.42. The van der Waals surface area contributed by atoms with Gasteiger partial charge in [-0.3, -0.25) is 14.4 Å². The van der Waals surface area contributed by atoms with Crippen LogP contribution in [0.15, 0.2) is 11.6 Å². The van der Waals surface area contributed by atoms with Crippen LogP contribution in [-0.2, 0) is 14.4 Å². The first-order chi connectivity index (χ1) is 14.0. The summed E-state index contributed by atoms with van der Waals surface area (Å²) < 4.78 is 0. The molecule has 3 saturated carbocycles. The summed E-state index contributed by atoms with van der Waals surface area (Å²) in [6, 6.07) is 0. The van der Waals surface area contributed by atoms with Gasteiger partial charge in [0.25, 0.3) is 0 Å². The van der Waals surface area contributed by atoms with Gasteiger partial charge >= 0.3 is 5.97 Å². The Morgan fingerprint density at radius 2 is 1.87 bits per heavy atom. The Balaban J connectivity index is 1.65. The van der Waals surface area contributed by atoms with Gasteiger partial charge in [-0.1, -0.05) is 31.2 Å². The lowest BCUT2D eigenvalue weighted by Gasteiger charge is -2.60. The molecule has 6 heteroatoms. The number of aliphatic carboxylic acids is 1. The lowest BCUT2D eigenvalue weighted by molar-refractivity contribution is -0.147. The summed E-state index contributed by atoms with van der Waals surface area (Å²) in [6.07, 6.45) is 7.98. The number of carboxylic acids is 1. The molecule has 0 aromatic rings. The first-order valence-electron chi connectivity index (χ1n) is 11.4. The minimum absolute atomic E-state index is 0.00745. The molecule has 0 aliphatic heterocycles. The van der Waals surface area contributed by atoms with Crippen molar-refractivity contribution in [2.24, 2.45) is 28.6 Å². The highest BCUT2D eigenvalue weighted by Crippen LogP contribution is 2.69. The summed E-state index contributed by atoms with van der Waals surface area (Å²) in [7, 11) is 0. The van der Waals surface area contributed by atoms with Crippen LogP contribution in [0.2, 0.25) is 0 Å². The second kappa shape index (κ2) is 7.47. The maximum atomic E-state index is 12.4. The van der Waals surface area contributed by atoms with Crippen LogP contribution in [0.5, 0.6) is 0 Å². The van der Waals surface area contributed by atoms with Crippen LogP contribution >= 0.6 is 11.8 Å². The Bertz CT molecular complexity index is 805. The molecule has 4 aliphatic carbocycles. The quantitative estimate of drug-likeness (QED) is 0.683. The molecule has 166 valence electrons. The van der Waals surface area contributed by atoms with Crippen molar-refractivity contribution in [1.82, 2.24) is 0 Å². The van der Waals surface area contributed by atoms with Gasteiger partial charge in [0.15, 0.2) is 10.9 Å². The molecule has 0 aromatic heterocycles. The lowest BCUT2D eigenvalue weighted by Crippen LogP contribution is -2.57. The van der Waals surface area contributed by atoms with Crippen molar-refractivity contribution < 1.29 is 24.6 Å². The van der Waals surface area contributed by atoms with Crippen LogP contribution in [-0.4, -0.2) is 37.9 Å². The second-order valence-electron chi connectivity index (χ2n) is 10.6. The van der Waals surface area contributed by atoms with E-state index in [1.807, 2.05) is 6.08 Å². The molecular formula is C24H34O5S. The van der Waals surface area contributed by atoms with Crippen LogP contribution in [0, 0.1) is 28.6 Å². The van der Waals surface area contributed by atoms with Gasteiger partial charge in [-0.25, -0.2) is 0 Å². The minimum atomic E-state index is -0.909. The molecule has 0 heterocycles. The highest BCUT2D eigenvalue weighted by Gasteiger charge is 2.64. The van der Waals surface area contributed by atoms with Gasteiger partial charge in [-0.05, 0) is 74.2 Å². The highest BCUT2D eigenvalue weighted by molar-refractivity contribution is 8.14. The zero-order valence-electron chi connectivity index (χ0n) is 18.3. The number of rotatable bonds is 4. The summed E-state index contributed by atoms with van der Waals surface area (Å²) in [4.78, 5) is 35.5. The fraction of sp³-hybridized carbons (Fsp3) is 0.792. The number of carboxylic acid groups (broad SMARTS) is 1. The Kier molecular flexibility index (Phi) is 5.50. The third-order valence-corrected chi connectivity index (χ3v) is 10.7. The van der Waals surface area contributed by atoms with Crippen LogP contribution in [0.1, 0.15) is 78.6 Å². The fourth-order valence-corrected chi connectivity index (χ4v) is 9.00. The van der Waals surface area contributed by atoms with Crippen molar-refractivity contribution in [2.45, 2.75) is 89.4 Å². The van der Waals surface area contributed by atoms with E-state index < -0.39 is 11.6 Å². The van der Waals surface area contributed by atoms with Gasteiger partial charge < -0.3 is 10.2 Å². The number of aliphatic hydroxyl groups is 1. The van der Waals surface area contributed by atoms with E-state index >= 15 is 0 Å². The fourth-order valence-electron chi connectivity index (χ4n) is 7.78. The van der Waals surface area contributed by atoms with Gasteiger partial charge in [0.1, 0.15) is 0 Å². The van der Waals surface area contributed by atoms with Gasteiger partial charge in [0, 0.05) is 30.4 Å². The predicted octanol–water partition coefficient (Wildman–Crippen LogP) is 4.37. The zero-order chi connectivity index (χ0) is 21.9. The van der Waals surface area contributed by atoms with Crippen LogP contribution in [0.4, 0.5) is 0 Å². The molecule has 1 unspecified atom stereocenters. The number of fused-ring (bicyclic) bond motifs is 5. The molecule has 30 heavy (non-hydrogen) atoms. The van der Waals surface area contributed by atoms with E-state index in [0.29, 0.717) is 37.0 Å². The van der Waals surface area contributed by atoms with E-state index in [4.69, 9.17) is 5.11 Å². The number of thioether (sulfide) groups is 1. The Labute approximate surface area is 183 Å². The number of hydrogen-bond donors (Lipinski definition) is 2.